The monoisotopic (exact) mass is 345 g/mol. The maximum Gasteiger partial charge on any atom is 0.257 e. The van der Waals surface area contributed by atoms with E-state index in [0.717, 1.165) is 17.1 Å². The summed E-state index contributed by atoms with van der Waals surface area (Å²) >= 11 is 0. The second-order valence-corrected chi connectivity index (χ2v) is 7.23. The smallest absolute Gasteiger partial charge is 0.257 e. The fraction of sp³-hybridized carbons (Fsp3) is 0.182. The summed E-state index contributed by atoms with van der Waals surface area (Å²) in [6.45, 7) is 6.57. The van der Waals surface area contributed by atoms with Gasteiger partial charge in [-0.05, 0) is 41.3 Å². The third-order valence-corrected chi connectivity index (χ3v) is 4.07. The second kappa shape index (κ2) is 7.40. The number of hydrogen-bond donors (Lipinski definition) is 2. The molecule has 3 rings (SSSR count). The minimum Gasteiger partial charge on any atom is -0.354 e. The Morgan fingerprint density at radius 2 is 1.54 bits per heavy atom. The molecule has 2 N–H and O–H groups in total. The topological polar surface area (TPSA) is 54.0 Å². The number of benzene rings is 2. The van der Waals surface area contributed by atoms with Gasteiger partial charge in [-0.2, -0.15) is 0 Å². The Kier molecular flexibility index (Phi) is 5.03. The molecule has 0 aliphatic rings. The van der Waals surface area contributed by atoms with E-state index in [0.29, 0.717) is 5.56 Å². The first-order valence-electron chi connectivity index (χ1n) is 8.61. The summed E-state index contributed by atoms with van der Waals surface area (Å²) in [6, 6.07) is 19.5. The Morgan fingerprint density at radius 1 is 0.846 bits per heavy atom. The molecule has 1 amide bonds. The molecule has 4 heteroatoms. The number of para-hydroxylation sites is 1. The quantitative estimate of drug-likeness (QED) is 0.668. The fourth-order valence-corrected chi connectivity index (χ4v) is 2.58. The van der Waals surface area contributed by atoms with Gasteiger partial charge < -0.3 is 10.6 Å². The summed E-state index contributed by atoms with van der Waals surface area (Å²) in [4.78, 5) is 16.6. The number of anilines is 3. The van der Waals surface area contributed by atoms with Crippen molar-refractivity contribution in [3.05, 3.63) is 84.2 Å². The summed E-state index contributed by atoms with van der Waals surface area (Å²) in [6.07, 6.45) is 3.27. The van der Waals surface area contributed by atoms with Gasteiger partial charge in [0.25, 0.3) is 5.91 Å². The molecule has 1 aromatic heterocycles. The Balaban J connectivity index is 1.72. The summed E-state index contributed by atoms with van der Waals surface area (Å²) in [5.74, 6) is -0.185. The molecule has 132 valence electrons. The lowest BCUT2D eigenvalue weighted by molar-refractivity contribution is 0.102. The van der Waals surface area contributed by atoms with Crippen LogP contribution in [-0.2, 0) is 5.41 Å². The van der Waals surface area contributed by atoms with Crippen LogP contribution in [0.25, 0.3) is 0 Å². The van der Waals surface area contributed by atoms with Crippen LogP contribution in [0, 0.1) is 0 Å². The number of carbonyl (C=O) groups is 1. The van der Waals surface area contributed by atoms with Crippen molar-refractivity contribution in [2.75, 3.05) is 10.6 Å². The summed E-state index contributed by atoms with van der Waals surface area (Å²) in [5, 5.41) is 6.17. The Morgan fingerprint density at radius 3 is 2.19 bits per heavy atom. The highest BCUT2D eigenvalue weighted by Gasteiger charge is 2.13. The van der Waals surface area contributed by atoms with Crippen molar-refractivity contribution in [2.45, 2.75) is 26.2 Å². The highest BCUT2D eigenvalue weighted by Crippen LogP contribution is 2.25. The van der Waals surface area contributed by atoms with Crippen LogP contribution < -0.4 is 10.6 Å². The average molecular weight is 345 g/mol. The molecule has 0 unspecified atom stereocenters. The molecule has 4 nitrogen and oxygen atoms in total. The van der Waals surface area contributed by atoms with Crippen molar-refractivity contribution in [1.29, 1.82) is 0 Å². The molecular weight excluding hydrogens is 322 g/mol. The van der Waals surface area contributed by atoms with E-state index in [1.165, 1.54) is 5.56 Å². The van der Waals surface area contributed by atoms with E-state index in [9.17, 15) is 4.79 Å². The third-order valence-electron chi connectivity index (χ3n) is 4.07. The van der Waals surface area contributed by atoms with Gasteiger partial charge in [0, 0.05) is 17.6 Å². The first-order valence-corrected chi connectivity index (χ1v) is 8.61. The fourth-order valence-electron chi connectivity index (χ4n) is 2.58. The molecule has 0 bridgehead atoms. The number of amides is 1. The largest absolute Gasteiger partial charge is 0.354 e. The van der Waals surface area contributed by atoms with Gasteiger partial charge in [-0.15, -0.1) is 0 Å². The number of hydrogen-bond acceptors (Lipinski definition) is 3. The minimum atomic E-state index is -0.185. The SMILES string of the molecule is CC(C)(C)c1ccc(Nc2cncc(C(=O)Nc3ccccc3)c2)cc1. The molecule has 0 aliphatic carbocycles. The van der Waals surface area contributed by atoms with E-state index in [1.807, 2.05) is 42.5 Å². The summed E-state index contributed by atoms with van der Waals surface area (Å²) in [7, 11) is 0. The number of rotatable bonds is 4. The number of carbonyl (C=O) groups excluding carboxylic acids is 1. The lowest BCUT2D eigenvalue weighted by Gasteiger charge is -2.19. The molecule has 3 aromatic rings. The van der Waals surface area contributed by atoms with Crippen molar-refractivity contribution < 1.29 is 4.79 Å². The minimum absolute atomic E-state index is 0.121. The number of nitrogens with one attached hydrogen (secondary N) is 2. The van der Waals surface area contributed by atoms with Crippen LogP contribution in [0.2, 0.25) is 0 Å². The van der Waals surface area contributed by atoms with Gasteiger partial charge in [-0.25, -0.2) is 0 Å². The van der Waals surface area contributed by atoms with Gasteiger partial charge in [0.05, 0.1) is 17.4 Å². The van der Waals surface area contributed by atoms with Crippen molar-refractivity contribution in [2.24, 2.45) is 0 Å². The number of pyridine rings is 1. The Bertz CT molecular complexity index is 881. The van der Waals surface area contributed by atoms with Crippen LogP contribution in [0.4, 0.5) is 17.1 Å². The maximum absolute atomic E-state index is 12.4. The van der Waals surface area contributed by atoms with E-state index in [-0.39, 0.29) is 11.3 Å². The van der Waals surface area contributed by atoms with E-state index >= 15 is 0 Å². The highest BCUT2D eigenvalue weighted by atomic mass is 16.1. The molecular formula is C22H23N3O. The normalized spacial score (nSPS) is 11.0. The first kappa shape index (κ1) is 17.7. The van der Waals surface area contributed by atoms with Crippen LogP contribution in [-0.4, -0.2) is 10.9 Å². The number of aromatic nitrogens is 1. The Labute approximate surface area is 154 Å². The van der Waals surface area contributed by atoms with Crippen LogP contribution in [0.1, 0.15) is 36.7 Å². The summed E-state index contributed by atoms with van der Waals surface area (Å²) in [5.41, 5.74) is 4.39. The third kappa shape index (κ3) is 4.48. The van der Waals surface area contributed by atoms with E-state index in [4.69, 9.17) is 0 Å². The molecule has 0 radical (unpaired) electrons. The predicted octanol–water partition coefficient (Wildman–Crippen LogP) is 5.38. The Hall–Kier alpha value is -3.14. The molecule has 0 saturated heterocycles. The van der Waals surface area contributed by atoms with E-state index in [2.05, 4.69) is 48.5 Å². The van der Waals surface area contributed by atoms with Crippen LogP contribution in [0.5, 0.6) is 0 Å². The molecule has 0 atom stereocenters. The zero-order valence-corrected chi connectivity index (χ0v) is 15.3. The van der Waals surface area contributed by atoms with Gasteiger partial charge in [0.15, 0.2) is 0 Å². The molecule has 26 heavy (non-hydrogen) atoms. The van der Waals surface area contributed by atoms with Crippen molar-refractivity contribution in [3.8, 4) is 0 Å². The zero-order chi connectivity index (χ0) is 18.6. The predicted molar refractivity (Wildman–Crippen MR) is 107 cm³/mol. The lowest BCUT2D eigenvalue weighted by Crippen LogP contribution is -2.12. The van der Waals surface area contributed by atoms with Crippen LogP contribution >= 0.6 is 0 Å². The zero-order valence-electron chi connectivity index (χ0n) is 15.3. The number of nitrogens with zero attached hydrogens (tertiary/aromatic N) is 1. The van der Waals surface area contributed by atoms with Crippen LogP contribution in [0.15, 0.2) is 73.1 Å². The van der Waals surface area contributed by atoms with E-state index in [1.54, 1.807) is 18.5 Å². The molecule has 0 aliphatic heterocycles. The molecule has 0 saturated carbocycles. The van der Waals surface area contributed by atoms with Gasteiger partial charge in [0.1, 0.15) is 0 Å². The standard InChI is InChI=1S/C22H23N3O/c1-22(2,3)17-9-11-19(12-10-17)24-20-13-16(14-23-15-20)21(26)25-18-7-5-4-6-8-18/h4-15,24H,1-3H3,(H,25,26). The maximum atomic E-state index is 12.4. The molecule has 0 spiro atoms. The van der Waals surface area contributed by atoms with Gasteiger partial charge in [0.2, 0.25) is 0 Å². The van der Waals surface area contributed by atoms with Gasteiger partial charge >= 0.3 is 0 Å². The van der Waals surface area contributed by atoms with E-state index < -0.39 is 0 Å². The highest BCUT2D eigenvalue weighted by molar-refractivity contribution is 6.04. The second-order valence-electron chi connectivity index (χ2n) is 7.23. The van der Waals surface area contributed by atoms with Gasteiger partial charge in [-0.3, -0.25) is 9.78 Å². The summed E-state index contributed by atoms with van der Waals surface area (Å²) < 4.78 is 0. The molecule has 1 heterocycles. The van der Waals surface area contributed by atoms with Crippen LogP contribution in [0.3, 0.4) is 0 Å². The van der Waals surface area contributed by atoms with Crippen molar-refractivity contribution >= 4 is 23.0 Å². The van der Waals surface area contributed by atoms with Gasteiger partial charge in [-0.1, -0.05) is 51.1 Å². The van der Waals surface area contributed by atoms with Crippen molar-refractivity contribution in [3.63, 3.8) is 0 Å². The molecule has 2 aromatic carbocycles. The lowest BCUT2D eigenvalue weighted by atomic mass is 9.87. The average Bonchev–Trinajstić information content (AvgIpc) is 2.62. The van der Waals surface area contributed by atoms with Crippen molar-refractivity contribution in [1.82, 2.24) is 4.98 Å². The first-order chi connectivity index (χ1) is 12.4. The molecule has 0 fully saturated rings.